The van der Waals surface area contributed by atoms with Crippen LogP contribution in [0.25, 0.3) is 11.1 Å². The number of pyridine rings is 3. The smallest absolute Gasteiger partial charge is 0.311 e. The number of fused-ring (bicyclic) bond motifs is 1. The highest BCUT2D eigenvalue weighted by Crippen LogP contribution is 2.29. The van der Waals surface area contributed by atoms with Gasteiger partial charge in [-0.05, 0) is 65.1 Å². The molecule has 0 unspecified atom stereocenters. The molecule has 1 aliphatic rings. The molecule has 8 heteroatoms. The van der Waals surface area contributed by atoms with Crippen LogP contribution in [0.15, 0.2) is 83.0 Å². The monoisotopic (exact) mass is 474 g/mol. The Labute approximate surface area is 199 Å². The van der Waals surface area contributed by atoms with Crippen LogP contribution in [0.3, 0.4) is 0 Å². The third-order valence-electron chi connectivity index (χ3n) is 6.02. The van der Waals surface area contributed by atoms with Gasteiger partial charge in [0.25, 0.3) is 5.56 Å². The van der Waals surface area contributed by atoms with E-state index in [1.165, 1.54) is 16.7 Å². The predicted octanol–water partition coefficient (Wildman–Crippen LogP) is 5.29. The summed E-state index contributed by atoms with van der Waals surface area (Å²) in [7, 11) is 0. The first-order valence-corrected chi connectivity index (χ1v) is 11.2. The van der Waals surface area contributed by atoms with E-state index in [-0.39, 0.29) is 12.1 Å². The Balaban J connectivity index is 1.43. The maximum atomic E-state index is 13.0. The molecule has 0 spiro atoms. The lowest BCUT2D eigenvalue weighted by Gasteiger charge is -2.11. The van der Waals surface area contributed by atoms with Gasteiger partial charge in [-0.2, -0.15) is 13.2 Å². The van der Waals surface area contributed by atoms with E-state index in [1.807, 2.05) is 30.3 Å². The zero-order chi connectivity index (χ0) is 24.6. The van der Waals surface area contributed by atoms with Gasteiger partial charge in [0.15, 0.2) is 0 Å². The molecule has 3 aromatic heterocycles. The minimum absolute atomic E-state index is 0.0213. The lowest BCUT2D eigenvalue weighted by Crippen LogP contribution is -2.19. The maximum absolute atomic E-state index is 13.0. The first kappa shape index (κ1) is 22.7. The van der Waals surface area contributed by atoms with E-state index in [2.05, 4.69) is 16.9 Å². The van der Waals surface area contributed by atoms with Gasteiger partial charge in [0.2, 0.25) is 0 Å². The van der Waals surface area contributed by atoms with Gasteiger partial charge in [-0.15, -0.1) is 0 Å². The van der Waals surface area contributed by atoms with Crippen LogP contribution in [0.5, 0.6) is 0 Å². The summed E-state index contributed by atoms with van der Waals surface area (Å²) < 4.78 is 40.2. The molecule has 5 rings (SSSR count). The van der Waals surface area contributed by atoms with Crippen LogP contribution in [0.4, 0.5) is 13.2 Å². The van der Waals surface area contributed by atoms with E-state index >= 15 is 0 Å². The van der Waals surface area contributed by atoms with Crippen molar-refractivity contribution in [3.63, 3.8) is 0 Å². The molecule has 0 aliphatic carbocycles. The second-order valence-corrected chi connectivity index (χ2v) is 8.35. The molecule has 0 amide bonds. The van der Waals surface area contributed by atoms with Crippen molar-refractivity contribution < 1.29 is 13.2 Å². The standard InChI is InChI=1S/C27H21F3N4O/c1-2-22-12-20(6-9-31-22)26-23-13-18(3-4-21(23)15-33-26)19-7-10-34(25(35)14-19)16-17-5-8-32-24(11-17)27(28,29)30/h3-14H,2,15-16H2,1H3. The molecule has 1 aromatic carbocycles. The van der Waals surface area contributed by atoms with Crippen molar-refractivity contribution in [1.29, 1.82) is 0 Å². The van der Waals surface area contributed by atoms with Crippen LogP contribution < -0.4 is 5.56 Å². The van der Waals surface area contributed by atoms with Gasteiger partial charge in [-0.3, -0.25) is 19.8 Å². The number of nitrogens with zero attached hydrogens (tertiary/aromatic N) is 4. The Morgan fingerprint density at radius 1 is 0.914 bits per heavy atom. The number of halogens is 3. The van der Waals surface area contributed by atoms with Crippen LogP contribution >= 0.6 is 0 Å². The minimum Gasteiger partial charge on any atom is -0.311 e. The zero-order valence-electron chi connectivity index (χ0n) is 18.9. The van der Waals surface area contributed by atoms with Gasteiger partial charge in [-0.25, -0.2) is 0 Å². The molecule has 0 radical (unpaired) electrons. The number of aromatic nitrogens is 3. The second-order valence-electron chi connectivity index (χ2n) is 8.35. The van der Waals surface area contributed by atoms with Crippen molar-refractivity contribution in [3.05, 3.63) is 117 Å². The van der Waals surface area contributed by atoms with Gasteiger partial charge < -0.3 is 4.57 Å². The molecular formula is C27H21F3N4O. The fraction of sp³-hybridized carbons (Fsp3) is 0.185. The average molecular weight is 474 g/mol. The summed E-state index contributed by atoms with van der Waals surface area (Å²) in [4.78, 5) is 25.2. The number of alkyl halides is 3. The van der Waals surface area contributed by atoms with Crippen molar-refractivity contribution in [2.75, 3.05) is 0 Å². The van der Waals surface area contributed by atoms with E-state index in [4.69, 9.17) is 4.99 Å². The molecule has 0 fully saturated rings. The van der Waals surface area contributed by atoms with Crippen LogP contribution in [0.2, 0.25) is 0 Å². The molecule has 35 heavy (non-hydrogen) atoms. The molecule has 176 valence electrons. The van der Waals surface area contributed by atoms with Crippen LogP contribution in [0.1, 0.15) is 40.6 Å². The third kappa shape index (κ3) is 4.64. The minimum atomic E-state index is -4.53. The zero-order valence-corrected chi connectivity index (χ0v) is 18.9. The number of benzene rings is 1. The van der Waals surface area contributed by atoms with Gasteiger partial charge in [0.1, 0.15) is 5.69 Å². The van der Waals surface area contributed by atoms with E-state index in [0.29, 0.717) is 12.1 Å². The number of aryl methyl sites for hydroxylation is 1. The van der Waals surface area contributed by atoms with E-state index in [0.717, 1.165) is 57.9 Å². The summed E-state index contributed by atoms with van der Waals surface area (Å²) >= 11 is 0. The fourth-order valence-corrected chi connectivity index (χ4v) is 4.17. The molecule has 0 saturated heterocycles. The molecule has 0 saturated carbocycles. The number of hydrogen-bond donors (Lipinski definition) is 0. The number of rotatable bonds is 5. The molecular weight excluding hydrogens is 453 g/mol. The Kier molecular flexibility index (Phi) is 5.80. The SMILES string of the molecule is CCc1cc(C2=NCc3ccc(-c4ccn(Cc5ccnc(C(F)(F)F)c5)c(=O)c4)cc32)ccn1. The predicted molar refractivity (Wildman–Crippen MR) is 127 cm³/mol. The Morgan fingerprint density at radius 3 is 2.49 bits per heavy atom. The summed E-state index contributed by atoms with van der Waals surface area (Å²) in [5, 5.41) is 0. The van der Waals surface area contributed by atoms with Gasteiger partial charge in [-0.1, -0.05) is 19.1 Å². The highest BCUT2D eigenvalue weighted by atomic mass is 19.4. The highest BCUT2D eigenvalue weighted by Gasteiger charge is 2.32. The fourth-order valence-electron chi connectivity index (χ4n) is 4.17. The summed E-state index contributed by atoms with van der Waals surface area (Å²) in [6.07, 6.45) is 0.798. The Hall–Kier alpha value is -4.07. The molecule has 0 N–H and O–H groups in total. The van der Waals surface area contributed by atoms with E-state index in [1.54, 1.807) is 18.5 Å². The van der Waals surface area contributed by atoms with Crippen LogP contribution in [0, 0.1) is 0 Å². The summed E-state index contributed by atoms with van der Waals surface area (Å²) in [6.45, 7) is 2.68. The van der Waals surface area contributed by atoms with E-state index < -0.39 is 11.9 Å². The van der Waals surface area contributed by atoms with E-state index in [9.17, 15) is 18.0 Å². The van der Waals surface area contributed by atoms with Crippen LogP contribution in [-0.2, 0) is 25.7 Å². The van der Waals surface area contributed by atoms with Gasteiger partial charge in [0.05, 0.1) is 18.8 Å². The van der Waals surface area contributed by atoms with Crippen LogP contribution in [-0.4, -0.2) is 20.2 Å². The molecule has 4 aromatic rings. The Morgan fingerprint density at radius 2 is 1.71 bits per heavy atom. The molecule has 5 nitrogen and oxygen atoms in total. The second kappa shape index (κ2) is 8.94. The van der Waals surface area contributed by atoms with Crippen molar-refractivity contribution in [2.24, 2.45) is 4.99 Å². The average Bonchev–Trinajstić information content (AvgIpc) is 3.28. The van der Waals surface area contributed by atoms with Crippen molar-refractivity contribution in [2.45, 2.75) is 32.6 Å². The first-order chi connectivity index (χ1) is 16.8. The summed E-state index contributed by atoms with van der Waals surface area (Å²) in [5.74, 6) is 0. The quantitative estimate of drug-likeness (QED) is 0.395. The van der Waals surface area contributed by atoms with Gasteiger partial charge >= 0.3 is 6.18 Å². The number of aliphatic imine (C=N–C) groups is 1. The summed E-state index contributed by atoms with van der Waals surface area (Å²) in [5.41, 5.74) is 5.73. The topological polar surface area (TPSA) is 60.1 Å². The van der Waals surface area contributed by atoms with Gasteiger partial charge in [0, 0.05) is 41.5 Å². The molecule has 0 atom stereocenters. The highest BCUT2D eigenvalue weighted by molar-refractivity contribution is 6.15. The maximum Gasteiger partial charge on any atom is 0.433 e. The third-order valence-corrected chi connectivity index (χ3v) is 6.02. The largest absolute Gasteiger partial charge is 0.433 e. The lowest BCUT2D eigenvalue weighted by atomic mass is 9.95. The van der Waals surface area contributed by atoms with Crippen molar-refractivity contribution >= 4 is 5.71 Å². The summed E-state index contributed by atoms with van der Waals surface area (Å²) in [6, 6.07) is 15.7. The molecule has 0 bridgehead atoms. The van der Waals surface area contributed by atoms with Crippen molar-refractivity contribution in [3.8, 4) is 11.1 Å². The Bertz CT molecular complexity index is 1510. The molecule has 1 aliphatic heterocycles. The normalized spacial score (nSPS) is 13.0. The first-order valence-electron chi connectivity index (χ1n) is 11.2. The molecule has 4 heterocycles. The van der Waals surface area contributed by atoms with Crippen molar-refractivity contribution in [1.82, 2.24) is 14.5 Å². The lowest BCUT2D eigenvalue weighted by molar-refractivity contribution is -0.141. The number of hydrogen-bond acceptors (Lipinski definition) is 4.